The van der Waals surface area contributed by atoms with Crippen LogP contribution in [0.3, 0.4) is 0 Å². The average molecular weight is 804 g/mol. The number of halogens is 1. The summed E-state index contributed by atoms with van der Waals surface area (Å²) in [5.74, 6) is 0. The van der Waals surface area contributed by atoms with Crippen molar-refractivity contribution in [2.24, 2.45) is 0 Å². The van der Waals surface area contributed by atoms with Crippen LogP contribution in [0.15, 0.2) is 212 Å². The van der Waals surface area contributed by atoms with Gasteiger partial charge in [0.2, 0.25) is 0 Å². The summed E-state index contributed by atoms with van der Waals surface area (Å²) < 4.78 is 0. The van der Waals surface area contributed by atoms with E-state index in [-0.39, 0.29) is 0 Å². The van der Waals surface area contributed by atoms with Gasteiger partial charge in [0.25, 0.3) is 0 Å². The molecule has 7 rings (SSSR count). The first-order chi connectivity index (χ1) is 23.3. The summed E-state index contributed by atoms with van der Waals surface area (Å²) in [6.07, 6.45) is 0. The topological polar surface area (TPSA) is 0 Å². The Balaban J connectivity index is 0.000000170. The molecule has 0 spiro atoms. The van der Waals surface area contributed by atoms with E-state index in [1.54, 1.807) is 0 Å². The summed E-state index contributed by atoms with van der Waals surface area (Å²) in [7, 11) is -1.75. The van der Waals surface area contributed by atoms with E-state index in [0.29, 0.717) is 0 Å². The van der Waals surface area contributed by atoms with Crippen molar-refractivity contribution in [3.63, 3.8) is 0 Å². The van der Waals surface area contributed by atoms with Crippen LogP contribution in [0.2, 0.25) is 0 Å². The molecule has 0 unspecified atom stereocenters. The maximum absolute atomic E-state index is 3.72. The predicted octanol–water partition coefficient (Wildman–Crippen LogP) is 9.07. The van der Waals surface area contributed by atoms with Gasteiger partial charge in [0.05, 0.1) is 15.8 Å². The molecule has 47 heavy (non-hydrogen) atoms. The van der Waals surface area contributed by atoms with Crippen LogP contribution in [0.1, 0.15) is 5.56 Å². The molecule has 236 valence electrons. The van der Waals surface area contributed by atoms with E-state index in [4.69, 9.17) is 0 Å². The van der Waals surface area contributed by atoms with Crippen LogP contribution in [-0.2, 0) is 17.2 Å². The summed E-state index contributed by atoms with van der Waals surface area (Å²) in [5.41, 5.74) is 1.07. The predicted molar refractivity (Wildman–Crippen MR) is 213 cm³/mol. The molecule has 0 amide bonds. The SMILES string of the molecule is [Br][Pd+].[CH2-]c1ccccc1.c1ccc([PH+](c2ccccc2)c2ccccc2)cc1.c1ccc([PH+](c2ccccc2)c2ccccc2)cc1. The van der Waals surface area contributed by atoms with Gasteiger partial charge >= 0.3 is 30.6 Å². The minimum absolute atomic E-state index is 0.877. The number of benzene rings is 7. The maximum atomic E-state index is 3.72. The van der Waals surface area contributed by atoms with Crippen molar-refractivity contribution >= 4 is 61.1 Å². The summed E-state index contributed by atoms with van der Waals surface area (Å²) in [6.45, 7) is 3.72. The van der Waals surface area contributed by atoms with Crippen molar-refractivity contribution in [1.82, 2.24) is 0 Å². The Bertz CT molecular complexity index is 1470. The van der Waals surface area contributed by atoms with Crippen LogP contribution >= 0.6 is 29.3 Å². The molecule has 0 radical (unpaired) electrons. The van der Waals surface area contributed by atoms with E-state index in [0.717, 1.165) is 5.56 Å². The second kappa shape index (κ2) is 21.3. The van der Waals surface area contributed by atoms with E-state index >= 15 is 0 Å². The van der Waals surface area contributed by atoms with Crippen molar-refractivity contribution in [2.75, 3.05) is 0 Å². The van der Waals surface area contributed by atoms with E-state index in [1.165, 1.54) is 31.8 Å². The molecule has 0 atom stereocenters. The standard InChI is InChI=1S/2C18H15P.C7H7.BrH.Pd/c2*1-4-10-16(11-5-1)19(17-12-6-2-7-13-17)18-14-8-3-9-15-18;1-7-5-3-2-4-6-7;;/h2*1-15H;2-6H,1H2;1H;/q;;-1;;+2/p+1. The molecular weight excluding hydrogens is 765 g/mol. The zero-order valence-corrected chi connectivity index (χ0v) is 31.2. The maximum Gasteiger partial charge on any atom is 0.102 e. The van der Waals surface area contributed by atoms with Gasteiger partial charge in [-0.05, 0) is 72.8 Å². The number of hydrogen-bond acceptors (Lipinski definition) is 0. The van der Waals surface area contributed by atoms with Gasteiger partial charge < -0.3 is 0 Å². The first-order valence-corrected chi connectivity index (χ1v) is 21.9. The average Bonchev–Trinajstić information content (AvgIpc) is 3.16. The molecule has 0 aliphatic carbocycles. The van der Waals surface area contributed by atoms with Gasteiger partial charge in [0.15, 0.2) is 0 Å². The van der Waals surface area contributed by atoms with Crippen molar-refractivity contribution < 1.29 is 17.2 Å². The second-order valence-electron chi connectivity index (χ2n) is 10.4. The Morgan fingerprint density at radius 2 is 0.426 bits per heavy atom. The smallest absolute Gasteiger partial charge is 0.102 e. The van der Waals surface area contributed by atoms with E-state index < -0.39 is 15.8 Å². The summed E-state index contributed by atoms with van der Waals surface area (Å²) >= 11 is 5.35. The quantitative estimate of drug-likeness (QED) is 0.0895. The van der Waals surface area contributed by atoms with Gasteiger partial charge in [0.1, 0.15) is 31.8 Å². The monoisotopic (exact) mass is 802 g/mol. The molecule has 0 aliphatic rings. The minimum atomic E-state index is -0.877. The van der Waals surface area contributed by atoms with Crippen LogP contribution in [0, 0.1) is 6.92 Å². The summed E-state index contributed by atoms with van der Waals surface area (Å²) in [4.78, 5) is 0. The van der Waals surface area contributed by atoms with E-state index in [1.807, 2.05) is 30.3 Å². The summed E-state index contributed by atoms with van der Waals surface area (Å²) in [6, 6.07) is 74.9. The van der Waals surface area contributed by atoms with Gasteiger partial charge in [-0.25, -0.2) is 0 Å². The molecule has 7 aromatic rings. The zero-order valence-electron chi connectivity index (χ0n) is 26.1. The Hall–Kier alpha value is -3.59. The fourth-order valence-electron chi connectivity index (χ4n) is 5.11. The van der Waals surface area contributed by atoms with Gasteiger partial charge in [0, 0.05) is 0 Å². The van der Waals surface area contributed by atoms with Crippen LogP contribution in [0.4, 0.5) is 0 Å². The summed E-state index contributed by atoms with van der Waals surface area (Å²) in [5, 5.41) is 8.61. The van der Waals surface area contributed by atoms with E-state index in [2.05, 4.69) is 220 Å². The normalized spacial score (nSPS) is 9.98. The third-order valence-electron chi connectivity index (χ3n) is 7.22. The number of rotatable bonds is 6. The molecule has 0 heterocycles. The molecule has 0 bridgehead atoms. The molecule has 0 aliphatic heterocycles. The first-order valence-electron chi connectivity index (χ1n) is 15.3. The molecule has 7 aromatic carbocycles. The molecule has 0 saturated carbocycles. The number of hydrogen-bond donors (Lipinski definition) is 0. The third kappa shape index (κ3) is 11.9. The Kier molecular flexibility index (Phi) is 16.4. The van der Waals surface area contributed by atoms with Crippen molar-refractivity contribution in [3.05, 3.63) is 225 Å². The van der Waals surface area contributed by atoms with Crippen molar-refractivity contribution in [1.29, 1.82) is 0 Å². The van der Waals surface area contributed by atoms with Gasteiger partial charge in [-0.15, -0.1) is 12.1 Å². The molecule has 0 fully saturated rings. The Labute approximate surface area is 301 Å². The molecular formula is C43H39BrP2Pd+2. The molecule has 0 N–H and O–H groups in total. The molecule has 0 saturated heterocycles. The largest absolute Gasteiger partial charge is 0.199 e. The third-order valence-corrected chi connectivity index (χ3v) is 12.7. The fraction of sp³-hybridized carbons (Fsp3) is 0. The van der Waals surface area contributed by atoms with Crippen LogP contribution < -0.4 is 31.8 Å². The Morgan fingerprint density at radius 3 is 0.553 bits per heavy atom. The minimum Gasteiger partial charge on any atom is -0.199 e. The zero-order chi connectivity index (χ0) is 32.9. The van der Waals surface area contributed by atoms with E-state index in [9.17, 15) is 0 Å². The van der Waals surface area contributed by atoms with Gasteiger partial charge in [-0.3, -0.25) is 0 Å². The second-order valence-corrected chi connectivity index (χ2v) is 15.4. The van der Waals surface area contributed by atoms with Crippen molar-refractivity contribution in [3.8, 4) is 0 Å². The van der Waals surface area contributed by atoms with Crippen LogP contribution in [-0.4, -0.2) is 0 Å². The van der Waals surface area contributed by atoms with Gasteiger partial charge in [-0.2, -0.15) is 24.6 Å². The molecule has 4 heteroatoms. The van der Waals surface area contributed by atoms with Crippen molar-refractivity contribution in [2.45, 2.75) is 0 Å². The molecule has 0 nitrogen and oxygen atoms in total. The molecule has 0 aromatic heterocycles. The van der Waals surface area contributed by atoms with Crippen LogP contribution in [0.25, 0.3) is 0 Å². The Morgan fingerprint density at radius 1 is 0.277 bits per heavy atom. The van der Waals surface area contributed by atoms with Crippen LogP contribution in [0.5, 0.6) is 0 Å². The first kappa shape index (κ1) is 36.3. The fourth-order valence-corrected chi connectivity index (χ4v) is 10.3. The van der Waals surface area contributed by atoms with Gasteiger partial charge in [-0.1, -0.05) is 115 Å².